The monoisotopic (exact) mass is 564 g/mol. The topological polar surface area (TPSA) is 58.4 Å². The maximum atomic E-state index is 13.7. The molecule has 0 radical (unpaired) electrons. The molecular formula is C26H28BrF3N4O2. The normalized spacial score (nSPS) is 12.6. The van der Waals surface area contributed by atoms with Crippen molar-refractivity contribution in [2.75, 3.05) is 27.2 Å². The van der Waals surface area contributed by atoms with Gasteiger partial charge < -0.3 is 9.80 Å². The molecule has 1 aromatic heterocycles. The summed E-state index contributed by atoms with van der Waals surface area (Å²) >= 11 is 3.35. The van der Waals surface area contributed by atoms with Gasteiger partial charge in [-0.05, 0) is 50.3 Å². The first-order valence-electron chi connectivity index (χ1n) is 11.5. The fraction of sp³-hybridized carbons (Fsp3) is 0.346. The van der Waals surface area contributed by atoms with Crippen molar-refractivity contribution in [3.05, 3.63) is 98.1 Å². The molecule has 0 saturated heterocycles. The van der Waals surface area contributed by atoms with Crippen molar-refractivity contribution < 1.29 is 18.0 Å². The minimum absolute atomic E-state index is 0.0324. The average Bonchev–Trinajstić information content (AvgIpc) is 2.83. The number of rotatable bonds is 9. The minimum Gasteiger partial charge on any atom is -0.327 e. The molecule has 2 aromatic carbocycles. The van der Waals surface area contributed by atoms with Gasteiger partial charge in [-0.25, -0.2) is 4.98 Å². The summed E-state index contributed by atoms with van der Waals surface area (Å²) in [5.41, 5.74) is -0.970. The van der Waals surface area contributed by atoms with E-state index in [9.17, 15) is 22.8 Å². The molecule has 3 aromatic rings. The smallest absolute Gasteiger partial charge is 0.327 e. The predicted octanol–water partition coefficient (Wildman–Crippen LogP) is 5.23. The molecule has 1 atom stereocenters. The summed E-state index contributed by atoms with van der Waals surface area (Å²) in [4.78, 5) is 34.0. The Labute approximate surface area is 216 Å². The van der Waals surface area contributed by atoms with Gasteiger partial charge in [0.1, 0.15) is 5.82 Å². The van der Waals surface area contributed by atoms with Crippen molar-refractivity contribution in [3.63, 3.8) is 0 Å². The summed E-state index contributed by atoms with van der Waals surface area (Å²) in [7, 11) is 3.69. The SMILES string of the molecule is CCC(c1nc(C(F)(F)F)cc(=O)n1Cc1ccccc1)N(CCN(C)C)C(=O)c1ccc(Br)cc1. The molecule has 0 N–H and O–H groups in total. The Kier molecular flexibility index (Phi) is 9.08. The van der Waals surface area contributed by atoms with Crippen molar-refractivity contribution in [2.24, 2.45) is 0 Å². The lowest BCUT2D eigenvalue weighted by Crippen LogP contribution is -2.42. The van der Waals surface area contributed by atoms with Crippen LogP contribution in [0, 0.1) is 0 Å². The van der Waals surface area contributed by atoms with E-state index in [0.717, 1.165) is 10.0 Å². The van der Waals surface area contributed by atoms with Gasteiger partial charge in [0.05, 0.1) is 12.6 Å². The Morgan fingerprint density at radius 2 is 1.69 bits per heavy atom. The quantitative estimate of drug-likeness (QED) is 0.357. The highest BCUT2D eigenvalue weighted by molar-refractivity contribution is 9.10. The molecule has 0 saturated carbocycles. The van der Waals surface area contributed by atoms with Gasteiger partial charge in [0, 0.05) is 29.2 Å². The first-order valence-corrected chi connectivity index (χ1v) is 12.2. The predicted molar refractivity (Wildman–Crippen MR) is 136 cm³/mol. The summed E-state index contributed by atoms with van der Waals surface area (Å²) in [6.45, 7) is 2.50. The number of likely N-dealkylation sites (N-methyl/N-ethyl adjacent to an activating group) is 1. The lowest BCUT2D eigenvalue weighted by Gasteiger charge is -2.33. The number of carbonyl (C=O) groups is 1. The van der Waals surface area contributed by atoms with Crippen molar-refractivity contribution in [1.29, 1.82) is 0 Å². The minimum atomic E-state index is -4.80. The van der Waals surface area contributed by atoms with Gasteiger partial charge in [-0.2, -0.15) is 13.2 Å². The third-order valence-electron chi connectivity index (χ3n) is 5.71. The van der Waals surface area contributed by atoms with Gasteiger partial charge in [0.15, 0.2) is 5.69 Å². The molecule has 3 rings (SSSR count). The largest absolute Gasteiger partial charge is 0.433 e. The van der Waals surface area contributed by atoms with E-state index in [2.05, 4.69) is 20.9 Å². The summed E-state index contributed by atoms with van der Waals surface area (Å²) in [6.07, 6.45) is -4.54. The highest BCUT2D eigenvalue weighted by Crippen LogP contribution is 2.30. The van der Waals surface area contributed by atoms with E-state index in [1.54, 1.807) is 55.5 Å². The fourth-order valence-corrected chi connectivity index (χ4v) is 4.12. The van der Waals surface area contributed by atoms with Gasteiger partial charge in [0.25, 0.3) is 11.5 Å². The van der Waals surface area contributed by atoms with Crippen LogP contribution in [0.15, 0.2) is 69.9 Å². The van der Waals surface area contributed by atoms with Crippen LogP contribution in [-0.2, 0) is 12.7 Å². The number of hydrogen-bond donors (Lipinski definition) is 0. The van der Waals surface area contributed by atoms with Crippen LogP contribution in [0.25, 0.3) is 0 Å². The number of amides is 1. The third-order valence-corrected chi connectivity index (χ3v) is 6.24. The Morgan fingerprint density at radius 1 is 1.06 bits per heavy atom. The van der Waals surface area contributed by atoms with Crippen LogP contribution in [0.4, 0.5) is 13.2 Å². The number of aromatic nitrogens is 2. The number of hydrogen-bond acceptors (Lipinski definition) is 4. The molecule has 0 bridgehead atoms. The number of benzene rings is 2. The first-order chi connectivity index (χ1) is 17.0. The molecular weight excluding hydrogens is 537 g/mol. The number of halogens is 4. The van der Waals surface area contributed by atoms with Crippen LogP contribution in [0.2, 0.25) is 0 Å². The second kappa shape index (κ2) is 11.8. The lowest BCUT2D eigenvalue weighted by molar-refractivity contribution is -0.141. The van der Waals surface area contributed by atoms with E-state index in [4.69, 9.17) is 0 Å². The molecule has 0 aliphatic heterocycles. The summed E-state index contributed by atoms with van der Waals surface area (Å²) < 4.78 is 43.1. The second-order valence-electron chi connectivity index (χ2n) is 8.64. The van der Waals surface area contributed by atoms with E-state index in [-0.39, 0.29) is 31.2 Å². The zero-order chi connectivity index (χ0) is 26.5. The van der Waals surface area contributed by atoms with E-state index < -0.39 is 23.5 Å². The summed E-state index contributed by atoms with van der Waals surface area (Å²) in [5.74, 6) is -0.445. The van der Waals surface area contributed by atoms with Gasteiger partial charge in [-0.1, -0.05) is 53.2 Å². The average molecular weight is 565 g/mol. The van der Waals surface area contributed by atoms with Crippen molar-refractivity contribution in [1.82, 2.24) is 19.4 Å². The molecule has 192 valence electrons. The highest BCUT2D eigenvalue weighted by atomic mass is 79.9. The van der Waals surface area contributed by atoms with Crippen LogP contribution in [-0.4, -0.2) is 52.4 Å². The lowest BCUT2D eigenvalue weighted by atomic mass is 10.1. The molecule has 1 amide bonds. The zero-order valence-corrected chi connectivity index (χ0v) is 21.9. The van der Waals surface area contributed by atoms with E-state index in [0.29, 0.717) is 18.2 Å². The second-order valence-corrected chi connectivity index (χ2v) is 9.56. The van der Waals surface area contributed by atoms with E-state index in [1.807, 2.05) is 25.1 Å². The van der Waals surface area contributed by atoms with Crippen LogP contribution < -0.4 is 5.56 Å². The van der Waals surface area contributed by atoms with E-state index >= 15 is 0 Å². The Hall–Kier alpha value is -2.98. The molecule has 0 aliphatic carbocycles. The molecule has 1 unspecified atom stereocenters. The van der Waals surface area contributed by atoms with Gasteiger partial charge in [0.2, 0.25) is 0 Å². The standard InChI is InChI=1S/C26H28BrF3N4O2/c1-4-21(33(15-14-32(2)3)25(36)19-10-12-20(27)13-11-19)24-31-22(26(28,29)30)16-23(35)34(24)17-18-8-6-5-7-9-18/h5-13,16,21H,4,14-15,17H2,1-3H3. The molecule has 0 fully saturated rings. The van der Waals surface area contributed by atoms with Crippen molar-refractivity contribution >= 4 is 21.8 Å². The number of nitrogens with zero attached hydrogens (tertiary/aromatic N) is 4. The maximum Gasteiger partial charge on any atom is 0.433 e. The Bertz CT molecular complexity index is 1230. The highest BCUT2D eigenvalue weighted by Gasteiger charge is 2.36. The third kappa shape index (κ3) is 6.82. The molecule has 1 heterocycles. The first kappa shape index (κ1) is 27.6. The molecule has 36 heavy (non-hydrogen) atoms. The summed E-state index contributed by atoms with van der Waals surface area (Å²) in [6, 6.07) is 15.4. The molecule has 0 spiro atoms. The Morgan fingerprint density at radius 3 is 2.25 bits per heavy atom. The maximum absolute atomic E-state index is 13.7. The van der Waals surface area contributed by atoms with Crippen LogP contribution in [0.1, 0.15) is 46.8 Å². The van der Waals surface area contributed by atoms with Crippen molar-refractivity contribution in [2.45, 2.75) is 32.1 Å². The van der Waals surface area contributed by atoms with Crippen molar-refractivity contribution in [3.8, 4) is 0 Å². The van der Waals surface area contributed by atoms with Gasteiger partial charge in [-0.15, -0.1) is 0 Å². The number of carbonyl (C=O) groups excluding carboxylic acids is 1. The van der Waals surface area contributed by atoms with Crippen LogP contribution >= 0.6 is 15.9 Å². The zero-order valence-electron chi connectivity index (χ0n) is 20.3. The Balaban J connectivity index is 2.17. The molecule has 0 aliphatic rings. The van der Waals surface area contributed by atoms with Gasteiger partial charge >= 0.3 is 6.18 Å². The van der Waals surface area contributed by atoms with Crippen LogP contribution in [0.3, 0.4) is 0 Å². The van der Waals surface area contributed by atoms with E-state index in [1.165, 1.54) is 9.47 Å². The van der Waals surface area contributed by atoms with Crippen LogP contribution in [0.5, 0.6) is 0 Å². The molecule has 6 nitrogen and oxygen atoms in total. The fourth-order valence-electron chi connectivity index (χ4n) is 3.86. The number of alkyl halides is 3. The molecule has 10 heteroatoms. The van der Waals surface area contributed by atoms with Gasteiger partial charge in [-0.3, -0.25) is 14.2 Å². The summed E-state index contributed by atoms with van der Waals surface area (Å²) in [5, 5.41) is 0.